The number of hydrogen-bond acceptors (Lipinski definition) is 4. The van der Waals surface area contributed by atoms with Gasteiger partial charge in [0.1, 0.15) is 6.10 Å². The maximum atomic E-state index is 13.1. The Morgan fingerprint density at radius 2 is 2.24 bits per heavy atom. The number of aryl methyl sites for hydroxylation is 1. The van der Waals surface area contributed by atoms with E-state index in [1.54, 1.807) is 0 Å². The molecule has 0 aromatic carbocycles. The first kappa shape index (κ1) is 18.4. The summed E-state index contributed by atoms with van der Waals surface area (Å²) < 4.78 is 13.6. The molecule has 3 rings (SSSR count). The van der Waals surface area contributed by atoms with Gasteiger partial charge >= 0.3 is 0 Å². The van der Waals surface area contributed by atoms with Crippen LogP contribution in [-0.4, -0.2) is 58.6 Å². The zero-order chi connectivity index (χ0) is 17.8. The van der Waals surface area contributed by atoms with Crippen molar-refractivity contribution in [2.45, 2.75) is 71.2 Å². The molecule has 0 spiro atoms. The summed E-state index contributed by atoms with van der Waals surface area (Å²) in [6.07, 6.45) is 7.86. The molecule has 3 heterocycles. The standard InChI is InChI=1S/C19H31N3O3/c1-14(2)18(25-13-17-7-5-9-24-17)19(23)22-8-4-6-16(22)12-21-11-15(3)10-20-21/h10-11,14,16-18H,4-9,12-13H2,1-3H3. The van der Waals surface area contributed by atoms with Gasteiger partial charge in [-0.3, -0.25) is 9.48 Å². The Balaban J connectivity index is 1.60. The second-order valence-corrected chi connectivity index (χ2v) is 7.70. The van der Waals surface area contributed by atoms with Crippen LogP contribution in [0.5, 0.6) is 0 Å². The number of rotatable bonds is 7. The number of hydrogen-bond donors (Lipinski definition) is 0. The van der Waals surface area contributed by atoms with Gasteiger partial charge in [0.25, 0.3) is 5.91 Å². The Bertz CT molecular complexity index is 566. The highest BCUT2D eigenvalue weighted by Crippen LogP contribution is 2.23. The average Bonchev–Trinajstić information content (AvgIpc) is 3.30. The lowest BCUT2D eigenvalue weighted by Gasteiger charge is -2.31. The van der Waals surface area contributed by atoms with Crippen LogP contribution < -0.4 is 0 Å². The van der Waals surface area contributed by atoms with Crippen molar-refractivity contribution in [2.24, 2.45) is 5.92 Å². The molecule has 2 fully saturated rings. The van der Waals surface area contributed by atoms with Crippen molar-refractivity contribution in [3.63, 3.8) is 0 Å². The van der Waals surface area contributed by atoms with Crippen LogP contribution in [0.25, 0.3) is 0 Å². The number of nitrogens with zero attached hydrogens (tertiary/aromatic N) is 3. The van der Waals surface area contributed by atoms with Gasteiger partial charge in [-0.15, -0.1) is 0 Å². The summed E-state index contributed by atoms with van der Waals surface area (Å²) in [7, 11) is 0. The van der Waals surface area contributed by atoms with Crippen LogP contribution >= 0.6 is 0 Å². The van der Waals surface area contributed by atoms with Gasteiger partial charge in [-0.25, -0.2) is 0 Å². The topological polar surface area (TPSA) is 56.6 Å². The Morgan fingerprint density at radius 1 is 1.40 bits per heavy atom. The maximum Gasteiger partial charge on any atom is 0.252 e. The SMILES string of the molecule is Cc1cnn(CC2CCCN2C(=O)C(OCC2CCCO2)C(C)C)c1. The van der Waals surface area contributed by atoms with E-state index in [9.17, 15) is 4.79 Å². The summed E-state index contributed by atoms with van der Waals surface area (Å²) in [5.41, 5.74) is 1.15. The minimum Gasteiger partial charge on any atom is -0.376 e. The average molecular weight is 349 g/mol. The van der Waals surface area contributed by atoms with E-state index < -0.39 is 0 Å². The van der Waals surface area contributed by atoms with Crippen molar-refractivity contribution < 1.29 is 14.3 Å². The Labute approximate surface area is 150 Å². The van der Waals surface area contributed by atoms with Crippen LogP contribution in [0.1, 0.15) is 45.1 Å². The number of aromatic nitrogens is 2. The molecule has 140 valence electrons. The van der Waals surface area contributed by atoms with Crippen LogP contribution in [0.4, 0.5) is 0 Å². The minimum absolute atomic E-state index is 0.124. The van der Waals surface area contributed by atoms with Crippen LogP contribution in [0, 0.1) is 12.8 Å². The highest BCUT2D eigenvalue weighted by molar-refractivity contribution is 5.81. The lowest BCUT2D eigenvalue weighted by atomic mass is 10.1. The van der Waals surface area contributed by atoms with Gasteiger partial charge in [0.15, 0.2) is 0 Å². The van der Waals surface area contributed by atoms with Crippen LogP contribution in [0.2, 0.25) is 0 Å². The van der Waals surface area contributed by atoms with E-state index in [1.807, 2.05) is 28.9 Å². The predicted octanol–water partition coefficient (Wildman–Crippen LogP) is 2.40. The molecule has 1 aromatic heterocycles. The first-order chi connectivity index (χ1) is 12.0. The van der Waals surface area contributed by atoms with E-state index in [4.69, 9.17) is 9.47 Å². The molecule has 2 aliphatic heterocycles. The molecule has 0 N–H and O–H groups in total. The second kappa shape index (κ2) is 8.32. The van der Waals surface area contributed by atoms with Gasteiger partial charge in [0.05, 0.1) is 31.5 Å². The molecule has 0 bridgehead atoms. The second-order valence-electron chi connectivity index (χ2n) is 7.70. The van der Waals surface area contributed by atoms with Gasteiger partial charge in [-0.2, -0.15) is 5.10 Å². The van der Waals surface area contributed by atoms with Crippen LogP contribution in [0.3, 0.4) is 0 Å². The number of ether oxygens (including phenoxy) is 2. The Morgan fingerprint density at radius 3 is 2.88 bits per heavy atom. The van der Waals surface area contributed by atoms with E-state index in [0.29, 0.717) is 6.61 Å². The summed E-state index contributed by atoms with van der Waals surface area (Å²) in [4.78, 5) is 15.1. The molecule has 0 aliphatic carbocycles. The zero-order valence-electron chi connectivity index (χ0n) is 15.7. The lowest BCUT2D eigenvalue weighted by molar-refractivity contribution is -0.150. The molecule has 0 saturated carbocycles. The highest BCUT2D eigenvalue weighted by Gasteiger charge is 2.35. The normalized spacial score (nSPS) is 25.0. The molecular formula is C19H31N3O3. The van der Waals surface area contributed by atoms with Crippen LogP contribution in [-0.2, 0) is 20.8 Å². The fourth-order valence-corrected chi connectivity index (χ4v) is 3.80. The van der Waals surface area contributed by atoms with E-state index in [-0.39, 0.29) is 30.1 Å². The molecule has 1 amide bonds. The Kier molecular flexibility index (Phi) is 6.12. The molecule has 0 radical (unpaired) electrons. The van der Waals surface area contributed by atoms with E-state index in [1.165, 1.54) is 0 Å². The van der Waals surface area contributed by atoms with Crippen molar-refractivity contribution in [3.05, 3.63) is 18.0 Å². The van der Waals surface area contributed by atoms with Crippen molar-refractivity contribution in [1.82, 2.24) is 14.7 Å². The highest BCUT2D eigenvalue weighted by atomic mass is 16.5. The number of amides is 1. The smallest absolute Gasteiger partial charge is 0.252 e. The van der Waals surface area contributed by atoms with Gasteiger partial charge in [-0.1, -0.05) is 13.8 Å². The van der Waals surface area contributed by atoms with Crippen molar-refractivity contribution in [1.29, 1.82) is 0 Å². The summed E-state index contributed by atoms with van der Waals surface area (Å²) >= 11 is 0. The Hall–Kier alpha value is -1.40. The third kappa shape index (κ3) is 4.61. The maximum absolute atomic E-state index is 13.1. The first-order valence-electron chi connectivity index (χ1n) is 9.57. The van der Waals surface area contributed by atoms with Gasteiger partial charge < -0.3 is 14.4 Å². The molecular weight excluding hydrogens is 318 g/mol. The molecule has 3 atom stereocenters. The largest absolute Gasteiger partial charge is 0.376 e. The summed E-state index contributed by atoms with van der Waals surface area (Å²) in [5.74, 6) is 0.279. The monoisotopic (exact) mass is 349 g/mol. The number of likely N-dealkylation sites (tertiary alicyclic amines) is 1. The number of carbonyl (C=O) groups excluding carboxylic acids is 1. The quantitative estimate of drug-likeness (QED) is 0.758. The minimum atomic E-state index is -0.385. The van der Waals surface area contributed by atoms with E-state index in [0.717, 1.165) is 50.9 Å². The summed E-state index contributed by atoms with van der Waals surface area (Å²) in [6.45, 7) is 9.05. The fourth-order valence-electron chi connectivity index (χ4n) is 3.80. The third-order valence-corrected chi connectivity index (χ3v) is 5.15. The van der Waals surface area contributed by atoms with E-state index in [2.05, 4.69) is 18.9 Å². The van der Waals surface area contributed by atoms with Gasteiger partial charge in [-0.05, 0) is 44.1 Å². The molecule has 1 aromatic rings. The zero-order valence-corrected chi connectivity index (χ0v) is 15.7. The van der Waals surface area contributed by atoms with Crippen LogP contribution in [0.15, 0.2) is 12.4 Å². The first-order valence-corrected chi connectivity index (χ1v) is 9.57. The molecule has 2 saturated heterocycles. The molecule has 6 heteroatoms. The summed E-state index contributed by atoms with van der Waals surface area (Å²) in [5, 5.41) is 4.37. The van der Waals surface area contributed by atoms with Crippen molar-refractivity contribution in [3.8, 4) is 0 Å². The molecule has 2 aliphatic rings. The van der Waals surface area contributed by atoms with Crippen molar-refractivity contribution >= 4 is 5.91 Å². The van der Waals surface area contributed by atoms with Gasteiger partial charge in [0.2, 0.25) is 0 Å². The fraction of sp³-hybridized carbons (Fsp3) is 0.789. The molecule has 6 nitrogen and oxygen atoms in total. The van der Waals surface area contributed by atoms with E-state index >= 15 is 0 Å². The van der Waals surface area contributed by atoms with Crippen molar-refractivity contribution in [2.75, 3.05) is 19.8 Å². The predicted molar refractivity (Wildman–Crippen MR) is 95.3 cm³/mol. The van der Waals surface area contributed by atoms with Gasteiger partial charge in [0, 0.05) is 19.3 Å². The third-order valence-electron chi connectivity index (χ3n) is 5.15. The molecule has 25 heavy (non-hydrogen) atoms. The number of carbonyl (C=O) groups is 1. The summed E-state index contributed by atoms with van der Waals surface area (Å²) in [6, 6.07) is 0.208. The molecule has 3 unspecified atom stereocenters. The lowest BCUT2D eigenvalue weighted by Crippen LogP contribution is -2.47.